The lowest BCUT2D eigenvalue weighted by Crippen LogP contribution is -2.60. The number of nitrogens with zero attached hydrogens (tertiary/aromatic N) is 2. The van der Waals surface area contributed by atoms with Gasteiger partial charge < -0.3 is 4.90 Å². The highest BCUT2D eigenvalue weighted by molar-refractivity contribution is 9.10. The number of piperidine rings is 1. The highest BCUT2D eigenvalue weighted by Gasteiger charge is 2.36. The van der Waals surface area contributed by atoms with Crippen LogP contribution < -0.4 is 4.90 Å². The summed E-state index contributed by atoms with van der Waals surface area (Å²) in [5.41, 5.74) is 0.148. The van der Waals surface area contributed by atoms with Gasteiger partial charge in [-0.05, 0) is 37.9 Å². The first-order valence-electron chi connectivity index (χ1n) is 7.75. The number of piperazine rings is 1. The quantitative estimate of drug-likeness (QED) is 0.782. The van der Waals surface area contributed by atoms with E-state index in [9.17, 15) is 8.78 Å². The van der Waals surface area contributed by atoms with Gasteiger partial charge in [0.2, 0.25) is 0 Å². The average molecular weight is 359 g/mol. The molecule has 0 saturated carbocycles. The van der Waals surface area contributed by atoms with E-state index in [1.165, 1.54) is 25.0 Å². The Morgan fingerprint density at radius 3 is 2.57 bits per heavy atom. The normalized spacial score (nSPS) is 26.8. The molecule has 0 aliphatic carbocycles. The van der Waals surface area contributed by atoms with E-state index in [1.54, 1.807) is 0 Å². The maximum absolute atomic E-state index is 14.3. The third-order valence-corrected chi connectivity index (χ3v) is 5.24. The zero-order chi connectivity index (χ0) is 15.0. The minimum Gasteiger partial charge on any atom is -0.361 e. The second-order valence-corrected chi connectivity index (χ2v) is 6.99. The number of halogens is 3. The molecule has 5 heteroatoms. The standard InChI is InChI=1S/C16H21BrF2N2/c1-2-12-9-20-6-4-3-5-13(20)10-21(12)16-14(18)7-11(17)8-15(16)19/h7-8,12-13H,2-6,9-10H2,1H3. The van der Waals surface area contributed by atoms with Gasteiger partial charge in [-0.15, -0.1) is 0 Å². The molecule has 0 bridgehead atoms. The summed E-state index contributed by atoms with van der Waals surface area (Å²) in [6.07, 6.45) is 4.50. The summed E-state index contributed by atoms with van der Waals surface area (Å²) in [6.45, 7) is 4.86. The first-order valence-corrected chi connectivity index (χ1v) is 8.54. The third-order valence-electron chi connectivity index (χ3n) is 4.78. The first-order chi connectivity index (χ1) is 10.1. The van der Waals surface area contributed by atoms with Gasteiger partial charge in [-0.25, -0.2) is 8.78 Å². The summed E-state index contributed by atoms with van der Waals surface area (Å²) < 4.78 is 29.1. The highest BCUT2D eigenvalue weighted by Crippen LogP contribution is 2.34. The third kappa shape index (κ3) is 2.95. The van der Waals surface area contributed by atoms with Gasteiger partial charge in [0.1, 0.15) is 5.69 Å². The first kappa shape index (κ1) is 15.2. The summed E-state index contributed by atoms with van der Waals surface area (Å²) >= 11 is 3.15. The topological polar surface area (TPSA) is 6.48 Å². The molecule has 2 fully saturated rings. The van der Waals surface area contributed by atoms with Crippen LogP contribution in [-0.2, 0) is 0 Å². The molecule has 0 N–H and O–H groups in total. The Morgan fingerprint density at radius 2 is 1.90 bits per heavy atom. The Hall–Kier alpha value is -0.680. The van der Waals surface area contributed by atoms with Crippen molar-refractivity contribution in [1.82, 2.24) is 4.90 Å². The number of rotatable bonds is 2. The second kappa shape index (κ2) is 6.21. The molecule has 2 saturated heterocycles. The Labute approximate surface area is 133 Å². The van der Waals surface area contributed by atoms with Crippen LogP contribution in [0.1, 0.15) is 32.6 Å². The fourth-order valence-electron chi connectivity index (χ4n) is 3.68. The van der Waals surface area contributed by atoms with Crippen molar-refractivity contribution in [3.63, 3.8) is 0 Å². The SMILES string of the molecule is CCC1CN2CCCCC2CN1c1c(F)cc(Br)cc1F. The van der Waals surface area contributed by atoms with Gasteiger partial charge >= 0.3 is 0 Å². The van der Waals surface area contributed by atoms with E-state index >= 15 is 0 Å². The van der Waals surface area contributed by atoms with E-state index < -0.39 is 11.6 Å². The van der Waals surface area contributed by atoms with E-state index in [1.807, 2.05) is 4.90 Å². The smallest absolute Gasteiger partial charge is 0.150 e. The maximum Gasteiger partial charge on any atom is 0.150 e. The molecular weight excluding hydrogens is 338 g/mol. The number of hydrogen-bond donors (Lipinski definition) is 0. The minimum atomic E-state index is -0.468. The van der Waals surface area contributed by atoms with Crippen LogP contribution in [0.15, 0.2) is 16.6 Å². The van der Waals surface area contributed by atoms with Crippen molar-refractivity contribution in [3.05, 3.63) is 28.2 Å². The molecule has 2 heterocycles. The Kier molecular flexibility index (Phi) is 4.50. The van der Waals surface area contributed by atoms with Gasteiger partial charge in [0.25, 0.3) is 0 Å². The Bertz CT molecular complexity index is 500. The molecule has 3 rings (SSSR count). The summed E-state index contributed by atoms with van der Waals surface area (Å²) in [5, 5.41) is 0. The highest BCUT2D eigenvalue weighted by atomic mass is 79.9. The molecule has 0 amide bonds. The van der Waals surface area contributed by atoms with Gasteiger partial charge in [-0.2, -0.15) is 0 Å². The van der Waals surface area contributed by atoms with Crippen molar-refractivity contribution in [2.75, 3.05) is 24.5 Å². The van der Waals surface area contributed by atoms with Crippen molar-refractivity contribution < 1.29 is 8.78 Å². The molecule has 116 valence electrons. The minimum absolute atomic E-state index is 0.148. The Morgan fingerprint density at radius 1 is 1.19 bits per heavy atom. The molecule has 2 nitrogen and oxygen atoms in total. The fourth-order valence-corrected chi connectivity index (χ4v) is 4.09. The number of benzene rings is 1. The van der Waals surface area contributed by atoms with Crippen molar-refractivity contribution in [1.29, 1.82) is 0 Å². The van der Waals surface area contributed by atoms with Crippen LogP contribution in [0.4, 0.5) is 14.5 Å². The molecule has 2 unspecified atom stereocenters. The van der Waals surface area contributed by atoms with Crippen LogP contribution in [0.3, 0.4) is 0 Å². The van der Waals surface area contributed by atoms with Crippen LogP contribution in [-0.4, -0.2) is 36.6 Å². The summed E-state index contributed by atoms with van der Waals surface area (Å²) in [5.74, 6) is -0.936. The molecule has 1 aromatic carbocycles. The number of fused-ring (bicyclic) bond motifs is 1. The summed E-state index contributed by atoms with van der Waals surface area (Å²) in [7, 11) is 0. The lowest BCUT2D eigenvalue weighted by Gasteiger charge is -2.49. The van der Waals surface area contributed by atoms with Crippen molar-refractivity contribution in [3.8, 4) is 0 Å². The molecule has 0 spiro atoms. The second-order valence-electron chi connectivity index (χ2n) is 6.08. The molecule has 2 atom stereocenters. The van der Waals surface area contributed by atoms with Gasteiger partial charge in [-0.1, -0.05) is 29.3 Å². The summed E-state index contributed by atoms with van der Waals surface area (Å²) in [6, 6.07) is 3.34. The fraction of sp³-hybridized carbons (Fsp3) is 0.625. The van der Waals surface area contributed by atoms with Crippen LogP contribution in [0.5, 0.6) is 0 Å². The number of anilines is 1. The zero-order valence-electron chi connectivity index (χ0n) is 12.3. The molecule has 0 radical (unpaired) electrons. The van der Waals surface area contributed by atoms with Gasteiger partial charge in [0.15, 0.2) is 11.6 Å². The molecule has 2 aliphatic rings. The molecule has 21 heavy (non-hydrogen) atoms. The maximum atomic E-state index is 14.3. The van der Waals surface area contributed by atoms with Crippen LogP contribution in [0.2, 0.25) is 0 Å². The van der Waals surface area contributed by atoms with E-state index in [-0.39, 0.29) is 11.7 Å². The largest absolute Gasteiger partial charge is 0.361 e. The van der Waals surface area contributed by atoms with Crippen LogP contribution in [0.25, 0.3) is 0 Å². The van der Waals surface area contributed by atoms with E-state index in [0.29, 0.717) is 10.5 Å². The summed E-state index contributed by atoms with van der Waals surface area (Å²) in [4.78, 5) is 4.46. The predicted octanol–water partition coefficient (Wildman–Crippen LogP) is 4.18. The van der Waals surface area contributed by atoms with Gasteiger partial charge in [0, 0.05) is 29.6 Å². The van der Waals surface area contributed by atoms with Gasteiger partial charge in [0.05, 0.1) is 0 Å². The molecular formula is C16H21BrF2N2. The van der Waals surface area contributed by atoms with Crippen LogP contribution >= 0.6 is 15.9 Å². The lowest BCUT2D eigenvalue weighted by atomic mass is 9.95. The van der Waals surface area contributed by atoms with Crippen molar-refractivity contribution in [2.45, 2.75) is 44.7 Å². The van der Waals surface area contributed by atoms with E-state index in [2.05, 4.69) is 27.8 Å². The Balaban J connectivity index is 1.92. The van der Waals surface area contributed by atoms with Gasteiger partial charge in [-0.3, -0.25) is 4.90 Å². The van der Waals surface area contributed by atoms with Crippen molar-refractivity contribution in [2.24, 2.45) is 0 Å². The van der Waals surface area contributed by atoms with Crippen LogP contribution in [0, 0.1) is 11.6 Å². The average Bonchev–Trinajstić information content (AvgIpc) is 2.45. The van der Waals surface area contributed by atoms with E-state index in [0.717, 1.165) is 32.5 Å². The predicted molar refractivity (Wildman–Crippen MR) is 84.7 cm³/mol. The molecule has 0 aromatic heterocycles. The zero-order valence-corrected chi connectivity index (χ0v) is 13.9. The van der Waals surface area contributed by atoms with E-state index in [4.69, 9.17) is 0 Å². The monoisotopic (exact) mass is 358 g/mol. The number of hydrogen-bond acceptors (Lipinski definition) is 2. The molecule has 1 aromatic rings. The lowest BCUT2D eigenvalue weighted by molar-refractivity contribution is 0.110. The van der Waals surface area contributed by atoms with Crippen molar-refractivity contribution >= 4 is 21.6 Å². The molecule has 2 aliphatic heterocycles.